The summed E-state index contributed by atoms with van der Waals surface area (Å²) in [6.07, 6.45) is 7.63. The van der Waals surface area contributed by atoms with Crippen LogP contribution in [0.25, 0.3) is 12.2 Å². The largest absolute Gasteiger partial charge is 0.496 e. The molecule has 5 rings (SSSR count). The fourth-order valence-corrected chi connectivity index (χ4v) is 5.12. The standard InChI is InChI=1S/C34H30N2O3/c1-3-39-33(37)32-26(14-13-21-30(32)38-2)22-23-31-35-24-25-36(31)34(27-15-7-4-8-16-27,28-17-9-5-10-18-28)29-19-11-6-12-20-29/h4-25H,3H2,1-2H3. The maximum atomic E-state index is 12.8. The number of hydrogen-bond acceptors (Lipinski definition) is 4. The Morgan fingerprint density at radius 2 is 1.36 bits per heavy atom. The van der Waals surface area contributed by atoms with Crippen LogP contribution in [0.3, 0.4) is 0 Å². The molecule has 5 aromatic rings. The number of carbonyl (C=O) groups is 1. The second-order valence-corrected chi connectivity index (χ2v) is 8.94. The number of hydrogen-bond donors (Lipinski definition) is 0. The van der Waals surface area contributed by atoms with Crippen LogP contribution >= 0.6 is 0 Å². The lowest BCUT2D eigenvalue weighted by Gasteiger charge is -2.38. The second-order valence-electron chi connectivity index (χ2n) is 8.94. The normalized spacial score (nSPS) is 11.4. The molecule has 1 aromatic heterocycles. The van der Waals surface area contributed by atoms with Crippen LogP contribution in [-0.4, -0.2) is 29.2 Å². The van der Waals surface area contributed by atoms with E-state index in [1.54, 1.807) is 26.3 Å². The van der Waals surface area contributed by atoms with E-state index in [0.29, 0.717) is 16.9 Å². The van der Waals surface area contributed by atoms with Crippen molar-refractivity contribution in [3.05, 3.63) is 155 Å². The Bertz CT molecular complexity index is 1460. The summed E-state index contributed by atoms with van der Waals surface area (Å²) in [5.41, 5.74) is 3.68. The van der Waals surface area contributed by atoms with Gasteiger partial charge in [-0.15, -0.1) is 0 Å². The van der Waals surface area contributed by atoms with Crippen LogP contribution in [0.4, 0.5) is 0 Å². The molecule has 0 fully saturated rings. The Labute approximate surface area is 229 Å². The fraction of sp³-hybridized carbons (Fsp3) is 0.118. The Morgan fingerprint density at radius 3 is 1.87 bits per heavy atom. The SMILES string of the molecule is CCOC(=O)c1c(C=Cc2nccn2C(c2ccccc2)(c2ccccc2)c2ccccc2)cccc1OC. The van der Waals surface area contributed by atoms with Gasteiger partial charge in [0.05, 0.1) is 13.7 Å². The smallest absolute Gasteiger partial charge is 0.342 e. The average Bonchev–Trinajstić information content (AvgIpc) is 3.47. The van der Waals surface area contributed by atoms with Crippen molar-refractivity contribution in [2.75, 3.05) is 13.7 Å². The van der Waals surface area contributed by atoms with Gasteiger partial charge >= 0.3 is 5.97 Å². The van der Waals surface area contributed by atoms with Crippen molar-refractivity contribution in [3.63, 3.8) is 0 Å². The summed E-state index contributed by atoms with van der Waals surface area (Å²) in [6, 6.07) is 36.8. The Morgan fingerprint density at radius 1 is 0.795 bits per heavy atom. The van der Waals surface area contributed by atoms with Gasteiger partial charge < -0.3 is 14.0 Å². The fourth-order valence-electron chi connectivity index (χ4n) is 5.12. The van der Waals surface area contributed by atoms with E-state index in [4.69, 9.17) is 14.5 Å². The number of carbonyl (C=O) groups excluding carboxylic acids is 1. The van der Waals surface area contributed by atoms with Gasteiger partial charge in [0.1, 0.15) is 22.7 Å². The third-order valence-corrected chi connectivity index (χ3v) is 6.78. The molecule has 0 saturated heterocycles. The molecule has 5 nitrogen and oxygen atoms in total. The summed E-state index contributed by atoms with van der Waals surface area (Å²) in [5.74, 6) is 0.764. The highest BCUT2D eigenvalue weighted by Gasteiger charge is 2.39. The van der Waals surface area contributed by atoms with E-state index in [9.17, 15) is 4.79 Å². The number of rotatable bonds is 9. The minimum Gasteiger partial charge on any atom is -0.496 e. The van der Waals surface area contributed by atoms with E-state index in [0.717, 1.165) is 22.5 Å². The number of nitrogens with zero attached hydrogens (tertiary/aromatic N) is 2. The first kappa shape index (κ1) is 25.7. The zero-order chi connectivity index (χ0) is 27.1. The highest BCUT2D eigenvalue weighted by molar-refractivity contribution is 5.97. The molecule has 0 N–H and O–H groups in total. The maximum absolute atomic E-state index is 12.8. The molecule has 0 amide bonds. The average molecular weight is 515 g/mol. The van der Waals surface area contributed by atoms with Crippen LogP contribution in [0.15, 0.2) is 122 Å². The third-order valence-electron chi connectivity index (χ3n) is 6.78. The quantitative estimate of drug-likeness (QED) is 0.156. The number of methoxy groups -OCH3 is 1. The lowest BCUT2D eigenvalue weighted by molar-refractivity contribution is 0.0522. The Kier molecular flexibility index (Phi) is 7.69. The van der Waals surface area contributed by atoms with Crippen molar-refractivity contribution in [2.24, 2.45) is 0 Å². The maximum Gasteiger partial charge on any atom is 0.342 e. The van der Waals surface area contributed by atoms with E-state index in [1.165, 1.54) is 0 Å². The summed E-state index contributed by atoms with van der Waals surface area (Å²) < 4.78 is 13.0. The minimum atomic E-state index is -0.696. The van der Waals surface area contributed by atoms with Crippen LogP contribution in [-0.2, 0) is 10.3 Å². The highest BCUT2D eigenvalue weighted by atomic mass is 16.5. The summed E-state index contributed by atoms with van der Waals surface area (Å²) in [5, 5.41) is 0. The van der Waals surface area contributed by atoms with Gasteiger partial charge in [-0.1, -0.05) is 109 Å². The second kappa shape index (κ2) is 11.7. The van der Waals surface area contributed by atoms with Crippen molar-refractivity contribution >= 4 is 18.1 Å². The first-order valence-corrected chi connectivity index (χ1v) is 12.9. The summed E-state index contributed by atoms with van der Waals surface area (Å²) in [4.78, 5) is 17.6. The Hall–Kier alpha value is -4.90. The topological polar surface area (TPSA) is 53.3 Å². The molecular weight excluding hydrogens is 484 g/mol. The van der Waals surface area contributed by atoms with Gasteiger partial charge in [-0.05, 0) is 41.3 Å². The molecule has 0 aliphatic heterocycles. The van der Waals surface area contributed by atoms with Gasteiger partial charge in [0.25, 0.3) is 0 Å². The number of ether oxygens (including phenoxy) is 2. The molecule has 0 bridgehead atoms. The molecule has 0 saturated carbocycles. The van der Waals surface area contributed by atoms with Crippen molar-refractivity contribution in [1.82, 2.24) is 9.55 Å². The first-order valence-electron chi connectivity index (χ1n) is 12.9. The van der Waals surface area contributed by atoms with Crippen molar-refractivity contribution in [3.8, 4) is 5.75 Å². The molecule has 0 aliphatic rings. The monoisotopic (exact) mass is 514 g/mol. The van der Waals surface area contributed by atoms with E-state index in [2.05, 4.69) is 77.4 Å². The van der Waals surface area contributed by atoms with E-state index in [1.807, 2.05) is 48.7 Å². The van der Waals surface area contributed by atoms with Crippen LogP contribution in [0.5, 0.6) is 5.75 Å². The number of imidazole rings is 1. The van der Waals surface area contributed by atoms with Crippen molar-refractivity contribution in [1.29, 1.82) is 0 Å². The summed E-state index contributed by atoms with van der Waals surface area (Å²) in [7, 11) is 1.55. The van der Waals surface area contributed by atoms with Gasteiger partial charge in [-0.3, -0.25) is 0 Å². The molecule has 5 heteroatoms. The molecule has 0 unspecified atom stereocenters. The summed E-state index contributed by atoms with van der Waals surface area (Å²) in [6.45, 7) is 2.06. The lowest BCUT2D eigenvalue weighted by Crippen LogP contribution is -2.38. The van der Waals surface area contributed by atoms with Crippen LogP contribution in [0.1, 0.15) is 45.4 Å². The molecule has 194 valence electrons. The van der Waals surface area contributed by atoms with Crippen LogP contribution in [0.2, 0.25) is 0 Å². The zero-order valence-electron chi connectivity index (χ0n) is 22.0. The van der Waals surface area contributed by atoms with E-state index >= 15 is 0 Å². The van der Waals surface area contributed by atoms with E-state index in [-0.39, 0.29) is 6.61 Å². The van der Waals surface area contributed by atoms with Crippen molar-refractivity contribution in [2.45, 2.75) is 12.5 Å². The van der Waals surface area contributed by atoms with Gasteiger partial charge in [0.15, 0.2) is 0 Å². The van der Waals surface area contributed by atoms with Crippen LogP contribution < -0.4 is 4.74 Å². The molecule has 0 atom stereocenters. The molecule has 0 spiro atoms. The molecule has 1 heterocycles. The van der Waals surface area contributed by atoms with Crippen molar-refractivity contribution < 1.29 is 14.3 Å². The predicted molar refractivity (Wildman–Crippen MR) is 155 cm³/mol. The van der Waals surface area contributed by atoms with Gasteiger partial charge in [-0.2, -0.15) is 0 Å². The van der Waals surface area contributed by atoms with Gasteiger partial charge in [0, 0.05) is 12.4 Å². The summed E-state index contributed by atoms with van der Waals surface area (Å²) >= 11 is 0. The van der Waals surface area contributed by atoms with E-state index < -0.39 is 11.5 Å². The molecule has 0 radical (unpaired) electrons. The predicted octanol–water partition coefficient (Wildman–Crippen LogP) is 7.08. The van der Waals surface area contributed by atoms with Gasteiger partial charge in [-0.25, -0.2) is 9.78 Å². The molecule has 39 heavy (non-hydrogen) atoms. The highest BCUT2D eigenvalue weighted by Crippen LogP contribution is 2.41. The minimum absolute atomic E-state index is 0.276. The number of aromatic nitrogens is 2. The zero-order valence-corrected chi connectivity index (χ0v) is 22.0. The van der Waals surface area contributed by atoms with Gasteiger partial charge in [0.2, 0.25) is 0 Å². The molecule has 0 aliphatic carbocycles. The number of esters is 1. The lowest BCUT2D eigenvalue weighted by atomic mass is 9.76. The molecular formula is C34H30N2O3. The third kappa shape index (κ3) is 4.87. The first-order chi connectivity index (χ1) is 19.2. The Balaban J connectivity index is 1.73. The molecule has 4 aromatic carbocycles. The van der Waals surface area contributed by atoms with Crippen LogP contribution in [0, 0.1) is 0 Å². The number of benzene rings is 4.